The zero-order valence-corrected chi connectivity index (χ0v) is 8.76. The largest absolute Gasteiger partial charge is 0.355 e. The second kappa shape index (κ2) is 7.59. The Morgan fingerprint density at radius 2 is 2.15 bits per heavy atom. The summed E-state index contributed by atoms with van der Waals surface area (Å²) in [5.41, 5.74) is 2.58. The summed E-state index contributed by atoms with van der Waals surface area (Å²) >= 11 is 0. The van der Waals surface area contributed by atoms with E-state index in [1.165, 1.54) is 11.1 Å². The van der Waals surface area contributed by atoms with Crippen molar-refractivity contribution < 1.29 is 4.79 Å². The summed E-state index contributed by atoms with van der Waals surface area (Å²) in [4.78, 5) is 10.1. The molecule has 0 aromatic heterocycles. The predicted molar refractivity (Wildman–Crippen MR) is 56.5 cm³/mol. The number of amides is 1. The fourth-order valence-electron chi connectivity index (χ4n) is 1.24. The summed E-state index contributed by atoms with van der Waals surface area (Å²) in [6, 6.07) is 0. The topological polar surface area (TPSA) is 29.1 Å². The maximum atomic E-state index is 10.1. The van der Waals surface area contributed by atoms with Gasteiger partial charge in [0.25, 0.3) is 0 Å². The van der Waals surface area contributed by atoms with Crippen LogP contribution in [0, 0.1) is 0 Å². The Bertz CT molecular complexity index is 204. The van der Waals surface area contributed by atoms with Gasteiger partial charge in [0.1, 0.15) is 0 Å². The van der Waals surface area contributed by atoms with Gasteiger partial charge in [0, 0.05) is 6.54 Å². The van der Waals surface area contributed by atoms with Crippen molar-refractivity contribution in [2.75, 3.05) is 6.54 Å². The molecular weight excluding hydrogens is 162 g/mol. The van der Waals surface area contributed by atoms with Gasteiger partial charge in [-0.05, 0) is 25.8 Å². The lowest BCUT2D eigenvalue weighted by Crippen LogP contribution is -2.14. The predicted octanol–water partition coefficient (Wildman–Crippen LogP) is 2.43. The second-order valence-corrected chi connectivity index (χ2v) is 3.05. The minimum atomic E-state index is 0.639. The summed E-state index contributed by atoms with van der Waals surface area (Å²) in [5.74, 6) is 0. The number of rotatable bonds is 6. The van der Waals surface area contributed by atoms with E-state index in [2.05, 4.69) is 25.2 Å². The summed E-state index contributed by atoms with van der Waals surface area (Å²) in [5, 5.41) is 2.68. The molecule has 0 spiro atoms. The molecule has 74 valence electrons. The fraction of sp³-hybridized carbons (Fsp3) is 0.545. The Morgan fingerprint density at radius 1 is 1.46 bits per heavy atom. The number of hydrogen-bond acceptors (Lipinski definition) is 1. The van der Waals surface area contributed by atoms with Crippen LogP contribution in [0.5, 0.6) is 0 Å². The Morgan fingerprint density at radius 3 is 2.62 bits per heavy atom. The normalized spacial score (nSPS) is 12.8. The first-order valence-corrected chi connectivity index (χ1v) is 4.74. The molecule has 0 radical (unpaired) electrons. The van der Waals surface area contributed by atoms with Gasteiger partial charge in [-0.2, -0.15) is 0 Å². The van der Waals surface area contributed by atoms with Crippen molar-refractivity contribution in [1.29, 1.82) is 0 Å². The zero-order chi connectivity index (χ0) is 10.1. The van der Waals surface area contributed by atoms with Crippen molar-refractivity contribution in [1.82, 2.24) is 5.32 Å². The van der Waals surface area contributed by atoms with Crippen LogP contribution in [-0.2, 0) is 4.79 Å². The number of nitrogens with one attached hydrogen (secondary N) is 1. The minimum Gasteiger partial charge on any atom is -0.355 e. The van der Waals surface area contributed by atoms with E-state index in [1.807, 2.05) is 13.0 Å². The number of carbonyl (C=O) groups excluding carboxylic acids is 1. The van der Waals surface area contributed by atoms with Crippen LogP contribution >= 0.6 is 0 Å². The third-order valence-corrected chi connectivity index (χ3v) is 1.92. The smallest absolute Gasteiger partial charge is 0.207 e. The average Bonchev–Trinajstić information content (AvgIpc) is 2.12. The quantitative estimate of drug-likeness (QED) is 0.495. The molecule has 1 amide bonds. The Labute approximate surface area is 80.7 Å². The molecule has 0 saturated heterocycles. The van der Waals surface area contributed by atoms with Crippen LogP contribution < -0.4 is 5.32 Å². The van der Waals surface area contributed by atoms with Crippen molar-refractivity contribution in [3.8, 4) is 0 Å². The van der Waals surface area contributed by atoms with E-state index in [1.54, 1.807) is 0 Å². The first-order valence-electron chi connectivity index (χ1n) is 4.74. The molecule has 0 atom stereocenters. The van der Waals surface area contributed by atoms with Crippen LogP contribution in [0.15, 0.2) is 23.3 Å². The van der Waals surface area contributed by atoms with E-state index in [4.69, 9.17) is 0 Å². The molecule has 0 aromatic carbocycles. The van der Waals surface area contributed by atoms with Crippen LogP contribution in [0.1, 0.15) is 33.6 Å². The highest BCUT2D eigenvalue weighted by Gasteiger charge is 1.97. The molecule has 0 heterocycles. The van der Waals surface area contributed by atoms with Crippen molar-refractivity contribution in [2.45, 2.75) is 33.6 Å². The summed E-state index contributed by atoms with van der Waals surface area (Å²) in [7, 11) is 0. The van der Waals surface area contributed by atoms with E-state index in [9.17, 15) is 4.79 Å². The lowest BCUT2D eigenvalue weighted by molar-refractivity contribution is -0.109. The van der Waals surface area contributed by atoms with Crippen LogP contribution in [0.4, 0.5) is 0 Å². The molecule has 0 aromatic rings. The van der Waals surface area contributed by atoms with E-state index in [0.717, 1.165) is 19.3 Å². The van der Waals surface area contributed by atoms with Crippen molar-refractivity contribution in [3.63, 3.8) is 0 Å². The minimum absolute atomic E-state index is 0.639. The molecule has 1 N–H and O–H groups in total. The van der Waals surface area contributed by atoms with E-state index < -0.39 is 0 Å². The Balaban J connectivity index is 4.35. The average molecular weight is 181 g/mol. The maximum absolute atomic E-state index is 10.1. The number of carbonyl (C=O) groups is 1. The van der Waals surface area contributed by atoms with Gasteiger partial charge in [0.05, 0.1) is 0 Å². The van der Waals surface area contributed by atoms with Gasteiger partial charge in [0.2, 0.25) is 6.41 Å². The van der Waals surface area contributed by atoms with Gasteiger partial charge in [-0.3, -0.25) is 4.79 Å². The van der Waals surface area contributed by atoms with Gasteiger partial charge in [0.15, 0.2) is 0 Å². The SMILES string of the molecule is C/C=C\C(CNC=O)=C(/C)CCC. The third-order valence-electron chi connectivity index (χ3n) is 1.92. The lowest BCUT2D eigenvalue weighted by atomic mass is 10.0. The Hall–Kier alpha value is -1.05. The first-order chi connectivity index (χ1) is 6.26. The zero-order valence-electron chi connectivity index (χ0n) is 8.76. The molecule has 2 nitrogen and oxygen atoms in total. The van der Waals surface area contributed by atoms with E-state index in [0.29, 0.717) is 6.54 Å². The van der Waals surface area contributed by atoms with Gasteiger partial charge in [-0.15, -0.1) is 0 Å². The molecule has 0 aliphatic carbocycles. The van der Waals surface area contributed by atoms with Crippen LogP contribution in [0.25, 0.3) is 0 Å². The maximum Gasteiger partial charge on any atom is 0.207 e. The van der Waals surface area contributed by atoms with Gasteiger partial charge in [-0.25, -0.2) is 0 Å². The molecule has 13 heavy (non-hydrogen) atoms. The van der Waals surface area contributed by atoms with Crippen LogP contribution in [0.2, 0.25) is 0 Å². The Kier molecular flexibility index (Phi) is 6.98. The molecule has 2 heteroatoms. The summed E-state index contributed by atoms with van der Waals surface area (Å²) < 4.78 is 0. The van der Waals surface area contributed by atoms with Crippen molar-refractivity contribution in [3.05, 3.63) is 23.3 Å². The molecule has 0 aliphatic heterocycles. The summed E-state index contributed by atoms with van der Waals surface area (Å²) in [6.07, 6.45) is 7.04. The summed E-state index contributed by atoms with van der Waals surface area (Å²) in [6.45, 7) is 6.90. The molecule has 0 aliphatic rings. The molecule has 0 unspecified atom stereocenters. The number of allylic oxidation sites excluding steroid dienone is 2. The van der Waals surface area contributed by atoms with Crippen LogP contribution in [-0.4, -0.2) is 13.0 Å². The van der Waals surface area contributed by atoms with Gasteiger partial charge < -0.3 is 5.32 Å². The highest BCUT2D eigenvalue weighted by atomic mass is 16.1. The van der Waals surface area contributed by atoms with Gasteiger partial charge >= 0.3 is 0 Å². The van der Waals surface area contributed by atoms with Crippen molar-refractivity contribution in [2.24, 2.45) is 0 Å². The van der Waals surface area contributed by atoms with E-state index >= 15 is 0 Å². The molecular formula is C11H19NO. The second-order valence-electron chi connectivity index (χ2n) is 3.05. The molecule has 0 rings (SSSR count). The van der Waals surface area contributed by atoms with Crippen molar-refractivity contribution >= 4 is 6.41 Å². The molecule has 0 saturated carbocycles. The van der Waals surface area contributed by atoms with Crippen LogP contribution in [0.3, 0.4) is 0 Å². The lowest BCUT2D eigenvalue weighted by Gasteiger charge is -2.06. The molecule has 0 bridgehead atoms. The highest BCUT2D eigenvalue weighted by Crippen LogP contribution is 2.10. The van der Waals surface area contributed by atoms with Gasteiger partial charge in [-0.1, -0.05) is 31.1 Å². The standard InChI is InChI=1S/C11H19NO/c1-4-6-10(3)11(7-5-2)8-12-9-13/h5,7,9H,4,6,8H2,1-3H3,(H,12,13)/b7-5-,11-10-. The highest BCUT2D eigenvalue weighted by molar-refractivity contribution is 5.47. The number of hydrogen-bond donors (Lipinski definition) is 1. The van der Waals surface area contributed by atoms with E-state index in [-0.39, 0.29) is 0 Å². The fourth-order valence-corrected chi connectivity index (χ4v) is 1.24. The monoisotopic (exact) mass is 181 g/mol. The first kappa shape index (κ1) is 11.9. The third kappa shape index (κ3) is 5.23. The molecule has 0 fully saturated rings.